The Balaban J connectivity index is 2.80. The third-order valence-electron chi connectivity index (χ3n) is 3.45. The molecule has 1 rings (SSSR count). The average Bonchev–Trinajstić information content (AvgIpc) is 2.77. The third kappa shape index (κ3) is 3.92. The fraction of sp³-hybridized carbons (Fsp3) is 0.667. The van der Waals surface area contributed by atoms with Gasteiger partial charge in [-0.05, 0) is 19.3 Å². The van der Waals surface area contributed by atoms with Gasteiger partial charge < -0.3 is 4.74 Å². The molecule has 0 radical (unpaired) electrons. The highest BCUT2D eigenvalue weighted by atomic mass is 16.5. The van der Waals surface area contributed by atoms with Crippen molar-refractivity contribution in [2.24, 2.45) is 0 Å². The molecule has 1 aliphatic heterocycles. The second-order valence-electron chi connectivity index (χ2n) is 4.91. The van der Waals surface area contributed by atoms with Crippen molar-refractivity contribution in [3.05, 3.63) is 12.2 Å². The van der Waals surface area contributed by atoms with Crippen molar-refractivity contribution in [2.45, 2.75) is 65.0 Å². The highest BCUT2D eigenvalue weighted by molar-refractivity contribution is 6.14. The van der Waals surface area contributed by atoms with Gasteiger partial charge >= 0.3 is 5.97 Å². The molecule has 112 valence electrons. The summed E-state index contributed by atoms with van der Waals surface area (Å²) in [7, 11) is 0. The summed E-state index contributed by atoms with van der Waals surface area (Å²) >= 11 is 0. The fourth-order valence-corrected chi connectivity index (χ4v) is 2.17. The van der Waals surface area contributed by atoms with E-state index >= 15 is 0 Å². The standard InChI is InChI=1S/C15H23NO4/c1-4-7-8-12(15(19)20-11(5-2)6-3)16-13(17)9-10-14(16)18/h9-12H,4-8H2,1-3H3. The van der Waals surface area contributed by atoms with Crippen LogP contribution in [-0.2, 0) is 19.1 Å². The SMILES string of the molecule is CCCCC(C(=O)OC(CC)CC)N1C(=O)C=CC1=O. The van der Waals surface area contributed by atoms with Crippen LogP contribution < -0.4 is 0 Å². The first-order valence-electron chi connectivity index (χ1n) is 7.30. The van der Waals surface area contributed by atoms with Crippen LogP contribution in [0.2, 0.25) is 0 Å². The van der Waals surface area contributed by atoms with Crippen LogP contribution in [0.3, 0.4) is 0 Å². The molecular formula is C15H23NO4. The molecule has 0 fully saturated rings. The predicted molar refractivity (Wildman–Crippen MR) is 74.8 cm³/mol. The Morgan fingerprint density at radius 3 is 2.15 bits per heavy atom. The van der Waals surface area contributed by atoms with E-state index in [-0.39, 0.29) is 6.10 Å². The molecule has 0 aromatic carbocycles. The zero-order valence-electron chi connectivity index (χ0n) is 12.4. The maximum atomic E-state index is 12.3. The largest absolute Gasteiger partial charge is 0.461 e. The number of hydrogen-bond acceptors (Lipinski definition) is 4. The number of ether oxygens (including phenoxy) is 1. The normalized spacial score (nSPS) is 16.1. The van der Waals surface area contributed by atoms with Gasteiger partial charge in [0, 0.05) is 12.2 Å². The summed E-state index contributed by atoms with van der Waals surface area (Å²) < 4.78 is 5.40. The van der Waals surface area contributed by atoms with E-state index in [0.29, 0.717) is 6.42 Å². The molecular weight excluding hydrogens is 258 g/mol. The van der Waals surface area contributed by atoms with Crippen molar-refractivity contribution in [2.75, 3.05) is 0 Å². The quantitative estimate of drug-likeness (QED) is 0.505. The van der Waals surface area contributed by atoms with Crippen LogP contribution in [0.15, 0.2) is 12.2 Å². The van der Waals surface area contributed by atoms with Crippen molar-refractivity contribution >= 4 is 17.8 Å². The third-order valence-corrected chi connectivity index (χ3v) is 3.45. The lowest BCUT2D eigenvalue weighted by molar-refractivity contribution is -0.162. The fourth-order valence-electron chi connectivity index (χ4n) is 2.17. The Labute approximate surface area is 120 Å². The molecule has 0 aliphatic carbocycles. The number of carbonyl (C=O) groups is 3. The van der Waals surface area contributed by atoms with Crippen molar-refractivity contribution in [3.63, 3.8) is 0 Å². The van der Waals surface area contributed by atoms with Crippen LogP contribution >= 0.6 is 0 Å². The van der Waals surface area contributed by atoms with E-state index in [4.69, 9.17) is 4.74 Å². The maximum absolute atomic E-state index is 12.3. The minimum Gasteiger partial charge on any atom is -0.461 e. The Morgan fingerprint density at radius 2 is 1.70 bits per heavy atom. The Morgan fingerprint density at radius 1 is 1.15 bits per heavy atom. The molecule has 2 amide bonds. The minimum atomic E-state index is -0.800. The molecule has 0 saturated heterocycles. The van der Waals surface area contributed by atoms with Gasteiger partial charge in [0.05, 0.1) is 0 Å². The molecule has 0 aromatic heterocycles. The van der Waals surface area contributed by atoms with Gasteiger partial charge in [-0.1, -0.05) is 33.6 Å². The number of amides is 2. The van der Waals surface area contributed by atoms with Crippen LogP contribution in [0.4, 0.5) is 0 Å². The van der Waals surface area contributed by atoms with Crippen LogP contribution in [0.5, 0.6) is 0 Å². The molecule has 0 saturated carbocycles. The second kappa shape index (κ2) is 7.82. The lowest BCUT2D eigenvalue weighted by Gasteiger charge is -2.26. The van der Waals surface area contributed by atoms with Crippen LogP contribution in [0.1, 0.15) is 52.9 Å². The lowest BCUT2D eigenvalue weighted by Crippen LogP contribution is -2.46. The second-order valence-corrected chi connectivity index (χ2v) is 4.91. The first-order valence-corrected chi connectivity index (χ1v) is 7.30. The number of nitrogens with zero attached hydrogens (tertiary/aromatic N) is 1. The van der Waals surface area contributed by atoms with Crippen molar-refractivity contribution < 1.29 is 19.1 Å². The highest BCUT2D eigenvalue weighted by Crippen LogP contribution is 2.18. The van der Waals surface area contributed by atoms with Crippen molar-refractivity contribution in [3.8, 4) is 0 Å². The van der Waals surface area contributed by atoms with Gasteiger partial charge in [0.1, 0.15) is 12.1 Å². The van der Waals surface area contributed by atoms with Gasteiger partial charge in [-0.3, -0.25) is 14.5 Å². The van der Waals surface area contributed by atoms with Crippen molar-refractivity contribution in [1.82, 2.24) is 4.90 Å². The topological polar surface area (TPSA) is 63.7 Å². The van der Waals surface area contributed by atoms with E-state index in [9.17, 15) is 14.4 Å². The smallest absolute Gasteiger partial charge is 0.329 e. The Bertz CT molecular complexity index is 381. The molecule has 0 N–H and O–H groups in total. The first-order chi connectivity index (χ1) is 9.54. The van der Waals surface area contributed by atoms with E-state index in [1.54, 1.807) is 0 Å². The molecule has 1 aliphatic rings. The number of unbranched alkanes of at least 4 members (excludes halogenated alkanes) is 1. The van der Waals surface area contributed by atoms with E-state index in [1.807, 2.05) is 20.8 Å². The molecule has 1 heterocycles. The minimum absolute atomic E-state index is 0.160. The molecule has 0 spiro atoms. The molecule has 1 atom stereocenters. The number of imide groups is 1. The van der Waals surface area contributed by atoms with E-state index in [2.05, 4.69) is 0 Å². The predicted octanol–water partition coefficient (Wildman–Crippen LogP) is 2.20. The monoisotopic (exact) mass is 281 g/mol. The van der Waals surface area contributed by atoms with Gasteiger partial charge in [-0.15, -0.1) is 0 Å². The van der Waals surface area contributed by atoms with Crippen molar-refractivity contribution in [1.29, 1.82) is 0 Å². The maximum Gasteiger partial charge on any atom is 0.329 e. The summed E-state index contributed by atoms with van der Waals surface area (Å²) in [6.45, 7) is 5.88. The van der Waals surface area contributed by atoms with Gasteiger partial charge in [0.15, 0.2) is 0 Å². The molecule has 0 aromatic rings. The Kier molecular flexibility index (Phi) is 6.42. The van der Waals surface area contributed by atoms with E-state index in [1.165, 1.54) is 12.2 Å². The summed E-state index contributed by atoms with van der Waals surface area (Å²) in [4.78, 5) is 36.7. The molecule has 5 nitrogen and oxygen atoms in total. The summed E-state index contributed by atoms with van der Waals surface area (Å²) in [6, 6.07) is -0.800. The number of esters is 1. The van der Waals surface area contributed by atoms with E-state index < -0.39 is 23.8 Å². The van der Waals surface area contributed by atoms with Gasteiger partial charge in [-0.2, -0.15) is 0 Å². The van der Waals surface area contributed by atoms with Crippen LogP contribution in [0, 0.1) is 0 Å². The molecule has 5 heteroatoms. The van der Waals surface area contributed by atoms with E-state index in [0.717, 1.165) is 30.6 Å². The lowest BCUT2D eigenvalue weighted by atomic mass is 10.1. The van der Waals surface area contributed by atoms with Crippen LogP contribution in [0.25, 0.3) is 0 Å². The number of carbonyl (C=O) groups excluding carboxylic acids is 3. The summed E-state index contributed by atoms with van der Waals surface area (Å²) in [5.41, 5.74) is 0. The zero-order valence-corrected chi connectivity index (χ0v) is 12.4. The van der Waals surface area contributed by atoms with Gasteiger partial charge in [0.25, 0.3) is 11.8 Å². The average molecular weight is 281 g/mol. The molecule has 20 heavy (non-hydrogen) atoms. The summed E-state index contributed by atoms with van der Waals surface area (Å²) in [6.07, 6.45) is 5.79. The number of rotatable bonds is 8. The Hall–Kier alpha value is -1.65. The number of hydrogen-bond donors (Lipinski definition) is 0. The molecule has 0 bridgehead atoms. The van der Waals surface area contributed by atoms with Gasteiger partial charge in [-0.25, -0.2) is 4.79 Å². The zero-order chi connectivity index (χ0) is 15.1. The summed E-state index contributed by atoms with van der Waals surface area (Å²) in [5.74, 6) is -1.34. The van der Waals surface area contributed by atoms with Gasteiger partial charge in [0.2, 0.25) is 0 Å². The molecule has 1 unspecified atom stereocenters. The van der Waals surface area contributed by atoms with Crippen LogP contribution in [-0.4, -0.2) is 34.8 Å². The summed E-state index contributed by atoms with van der Waals surface area (Å²) in [5, 5.41) is 0. The first kappa shape index (κ1) is 16.4. The highest BCUT2D eigenvalue weighted by Gasteiger charge is 2.36.